The van der Waals surface area contributed by atoms with Crippen LogP contribution in [0.5, 0.6) is 5.75 Å². The maximum atomic E-state index is 9.54. The van der Waals surface area contributed by atoms with Crippen LogP contribution in [-0.2, 0) is 0 Å². The van der Waals surface area contributed by atoms with Gasteiger partial charge in [0.05, 0.1) is 0 Å². The number of nitrogens with zero attached hydrogens (tertiary/aromatic N) is 3. The van der Waals surface area contributed by atoms with Crippen molar-refractivity contribution in [2.45, 2.75) is 0 Å². The molecule has 14 heavy (non-hydrogen) atoms. The summed E-state index contributed by atoms with van der Waals surface area (Å²) in [6.07, 6.45) is 2.84. The zero-order valence-electron chi connectivity index (χ0n) is 7.05. The summed E-state index contributed by atoms with van der Waals surface area (Å²) < 4.78 is 0. The van der Waals surface area contributed by atoms with Gasteiger partial charge in [0.15, 0.2) is 0 Å². The summed E-state index contributed by atoms with van der Waals surface area (Å²) in [5.41, 5.74) is 3.30. The maximum Gasteiger partial charge on any atom is 0.141 e. The van der Waals surface area contributed by atoms with E-state index in [-0.39, 0.29) is 5.75 Å². The van der Waals surface area contributed by atoms with Gasteiger partial charge in [0.1, 0.15) is 24.1 Å². The number of hydrogen-bond donors (Lipinski definition) is 2. The minimum Gasteiger partial charge on any atom is -0.506 e. The van der Waals surface area contributed by atoms with E-state index in [1.807, 2.05) is 0 Å². The molecule has 0 saturated heterocycles. The fourth-order valence-electron chi connectivity index (χ4n) is 1.06. The van der Waals surface area contributed by atoms with E-state index in [1.165, 1.54) is 23.8 Å². The molecule has 0 unspecified atom stereocenters. The zero-order chi connectivity index (χ0) is 9.97. The van der Waals surface area contributed by atoms with E-state index in [1.54, 1.807) is 12.1 Å². The molecule has 0 fully saturated rings. The van der Waals surface area contributed by atoms with Crippen molar-refractivity contribution < 1.29 is 5.11 Å². The molecule has 0 saturated carbocycles. The lowest BCUT2D eigenvalue weighted by Crippen LogP contribution is -2.37. The quantitative estimate of drug-likeness (QED) is 0.736. The molecule has 0 aliphatic carbocycles. The first-order chi connectivity index (χ1) is 6.77. The molecule has 0 amide bonds. The highest BCUT2D eigenvalue weighted by Crippen LogP contribution is 2.28. The third-order valence-corrected chi connectivity index (χ3v) is 1.92. The summed E-state index contributed by atoms with van der Waals surface area (Å²) in [5, 5.41) is 18.8. The molecule has 0 spiro atoms. The van der Waals surface area contributed by atoms with Crippen LogP contribution in [-0.4, -0.2) is 17.8 Å². The SMILES string of the molecule is Oc1ccc(Cl)cc1N1C=NN=CN1. The van der Waals surface area contributed by atoms with Gasteiger partial charge in [-0.1, -0.05) is 11.6 Å². The first kappa shape index (κ1) is 8.83. The zero-order valence-corrected chi connectivity index (χ0v) is 7.81. The van der Waals surface area contributed by atoms with Crippen LogP contribution in [0.4, 0.5) is 5.69 Å². The van der Waals surface area contributed by atoms with Gasteiger partial charge in [0, 0.05) is 5.02 Å². The van der Waals surface area contributed by atoms with E-state index in [4.69, 9.17) is 11.6 Å². The lowest BCUT2D eigenvalue weighted by Gasteiger charge is -2.20. The highest BCUT2D eigenvalue weighted by atomic mass is 35.5. The van der Waals surface area contributed by atoms with Gasteiger partial charge < -0.3 is 5.11 Å². The predicted octanol–water partition coefficient (Wildman–Crippen LogP) is 1.34. The van der Waals surface area contributed by atoms with Crippen molar-refractivity contribution in [3.63, 3.8) is 0 Å². The molecule has 0 atom stereocenters. The highest BCUT2D eigenvalue weighted by Gasteiger charge is 2.10. The van der Waals surface area contributed by atoms with Gasteiger partial charge in [-0.25, -0.2) is 5.01 Å². The molecule has 6 heteroatoms. The number of halogens is 1. The van der Waals surface area contributed by atoms with Crippen molar-refractivity contribution in [3.05, 3.63) is 23.2 Å². The van der Waals surface area contributed by atoms with Crippen LogP contribution in [0.3, 0.4) is 0 Å². The Hall–Kier alpha value is -1.75. The Morgan fingerprint density at radius 3 is 2.93 bits per heavy atom. The van der Waals surface area contributed by atoms with E-state index < -0.39 is 0 Å². The lowest BCUT2D eigenvalue weighted by molar-refractivity contribution is 0.475. The molecule has 1 aromatic rings. The monoisotopic (exact) mass is 210 g/mol. The molecule has 5 nitrogen and oxygen atoms in total. The Labute approximate surface area is 85.3 Å². The van der Waals surface area contributed by atoms with Gasteiger partial charge >= 0.3 is 0 Å². The fourth-order valence-corrected chi connectivity index (χ4v) is 1.22. The number of anilines is 1. The van der Waals surface area contributed by atoms with Crippen molar-refractivity contribution >= 4 is 30.0 Å². The Morgan fingerprint density at radius 2 is 2.21 bits per heavy atom. The van der Waals surface area contributed by atoms with Crippen LogP contribution in [0.15, 0.2) is 28.4 Å². The number of rotatable bonds is 1. The van der Waals surface area contributed by atoms with Crippen LogP contribution in [0.2, 0.25) is 5.02 Å². The molecule has 72 valence electrons. The van der Waals surface area contributed by atoms with Crippen LogP contribution in [0.25, 0.3) is 0 Å². The average Bonchev–Trinajstić information content (AvgIpc) is 2.23. The van der Waals surface area contributed by atoms with Gasteiger partial charge in [0.2, 0.25) is 0 Å². The molecule has 2 rings (SSSR count). The second kappa shape index (κ2) is 3.55. The third kappa shape index (κ3) is 1.62. The molecule has 0 bridgehead atoms. The number of hydrazine groups is 1. The Morgan fingerprint density at radius 1 is 1.36 bits per heavy atom. The highest BCUT2D eigenvalue weighted by molar-refractivity contribution is 6.31. The second-order valence-corrected chi connectivity index (χ2v) is 3.04. The normalized spacial score (nSPS) is 14.2. The van der Waals surface area contributed by atoms with Crippen LogP contribution in [0.1, 0.15) is 0 Å². The van der Waals surface area contributed by atoms with Gasteiger partial charge in [-0.15, -0.1) is 10.2 Å². The fraction of sp³-hybridized carbons (Fsp3) is 0. The average molecular weight is 211 g/mol. The lowest BCUT2D eigenvalue weighted by atomic mass is 10.3. The number of phenols is 1. The first-order valence-corrected chi connectivity index (χ1v) is 4.24. The maximum absolute atomic E-state index is 9.54. The molecular formula is C8H7ClN4O. The summed E-state index contributed by atoms with van der Waals surface area (Å²) >= 11 is 5.79. The predicted molar refractivity (Wildman–Crippen MR) is 55.7 cm³/mol. The Bertz CT molecular complexity index is 404. The van der Waals surface area contributed by atoms with E-state index in [9.17, 15) is 5.11 Å². The first-order valence-electron chi connectivity index (χ1n) is 3.86. The van der Waals surface area contributed by atoms with E-state index in [0.717, 1.165) is 0 Å². The largest absolute Gasteiger partial charge is 0.506 e. The molecule has 0 radical (unpaired) electrons. The minimum atomic E-state index is 0.114. The van der Waals surface area contributed by atoms with Crippen molar-refractivity contribution in [3.8, 4) is 5.75 Å². The van der Waals surface area contributed by atoms with Crippen molar-refractivity contribution in [2.24, 2.45) is 10.2 Å². The second-order valence-electron chi connectivity index (χ2n) is 2.61. The summed E-state index contributed by atoms with van der Waals surface area (Å²) in [5.74, 6) is 0.114. The summed E-state index contributed by atoms with van der Waals surface area (Å²) in [4.78, 5) is 0. The summed E-state index contributed by atoms with van der Waals surface area (Å²) in [6, 6.07) is 4.74. The molecule has 1 heterocycles. The molecule has 0 aromatic heterocycles. The molecular weight excluding hydrogens is 204 g/mol. The minimum absolute atomic E-state index is 0.114. The number of phenolic OH excluding ortho intramolecular Hbond substituents is 1. The molecule has 2 N–H and O–H groups in total. The van der Waals surface area contributed by atoms with E-state index >= 15 is 0 Å². The van der Waals surface area contributed by atoms with Crippen LogP contribution >= 0.6 is 11.6 Å². The Balaban J connectivity index is 2.35. The number of nitrogens with one attached hydrogen (secondary N) is 1. The standard InChI is InChI=1S/C8H7ClN4O/c9-6-1-2-8(14)7(3-6)13-5-11-10-4-12-13/h1-5,14H,(H,10,12). The molecule has 1 aliphatic heterocycles. The smallest absolute Gasteiger partial charge is 0.141 e. The van der Waals surface area contributed by atoms with Crippen molar-refractivity contribution in [1.82, 2.24) is 5.43 Å². The number of aromatic hydroxyl groups is 1. The summed E-state index contributed by atoms with van der Waals surface area (Å²) in [6.45, 7) is 0. The van der Waals surface area contributed by atoms with E-state index in [2.05, 4.69) is 15.6 Å². The Kier molecular flexibility index (Phi) is 2.24. The van der Waals surface area contributed by atoms with Gasteiger partial charge in [-0.3, -0.25) is 5.43 Å². The third-order valence-electron chi connectivity index (χ3n) is 1.69. The van der Waals surface area contributed by atoms with Crippen LogP contribution in [0, 0.1) is 0 Å². The molecule has 1 aliphatic rings. The topological polar surface area (TPSA) is 60.2 Å². The van der Waals surface area contributed by atoms with E-state index in [0.29, 0.717) is 10.7 Å². The number of hydrogen-bond acceptors (Lipinski definition) is 5. The van der Waals surface area contributed by atoms with Gasteiger partial charge in [0.25, 0.3) is 0 Å². The summed E-state index contributed by atoms with van der Waals surface area (Å²) in [7, 11) is 0. The van der Waals surface area contributed by atoms with Crippen molar-refractivity contribution in [1.29, 1.82) is 0 Å². The van der Waals surface area contributed by atoms with Gasteiger partial charge in [-0.2, -0.15) is 0 Å². The molecule has 1 aromatic carbocycles. The number of benzene rings is 1. The van der Waals surface area contributed by atoms with Crippen LogP contribution < -0.4 is 10.4 Å². The van der Waals surface area contributed by atoms with Gasteiger partial charge in [-0.05, 0) is 18.2 Å². The van der Waals surface area contributed by atoms with Crippen molar-refractivity contribution in [2.75, 3.05) is 5.01 Å².